The van der Waals surface area contributed by atoms with Gasteiger partial charge in [0.1, 0.15) is 11.6 Å². The summed E-state index contributed by atoms with van der Waals surface area (Å²) in [7, 11) is 0. The van der Waals surface area contributed by atoms with Gasteiger partial charge < -0.3 is 5.32 Å². The van der Waals surface area contributed by atoms with E-state index in [9.17, 15) is 4.39 Å². The average molecular weight is 259 g/mol. The first kappa shape index (κ1) is 13.6. The molecule has 0 aliphatic rings. The van der Waals surface area contributed by atoms with E-state index in [-0.39, 0.29) is 5.82 Å². The molecule has 0 bridgehead atoms. The lowest BCUT2D eigenvalue weighted by atomic mass is 10.1. The van der Waals surface area contributed by atoms with Crippen LogP contribution in [0.1, 0.15) is 22.6 Å². The quantitative estimate of drug-likeness (QED) is 0.839. The van der Waals surface area contributed by atoms with Crippen LogP contribution in [0.3, 0.4) is 0 Å². The Morgan fingerprint density at radius 3 is 2.79 bits per heavy atom. The molecule has 2 aromatic rings. The van der Waals surface area contributed by atoms with Gasteiger partial charge in [0.2, 0.25) is 0 Å². The smallest absolute Gasteiger partial charge is 0.125 e. The van der Waals surface area contributed by atoms with Crippen LogP contribution in [0.15, 0.2) is 30.5 Å². The van der Waals surface area contributed by atoms with E-state index in [0.29, 0.717) is 0 Å². The second-order valence-corrected chi connectivity index (χ2v) is 4.59. The normalized spacial score (nSPS) is 10.7. The molecule has 0 aliphatic heterocycles. The number of nitrogens with one attached hydrogen (secondary N) is 1. The van der Waals surface area contributed by atoms with Gasteiger partial charge in [-0.05, 0) is 56.1 Å². The second-order valence-electron chi connectivity index (χ2n) is 4.59. The van der Waals surface area contributed by atoms with Crippen molar-refractivity contribution in [2.75, 3.05) is 6.54 Å². The van der Waals surface area contributed by atoms with Gasteiger partial charge in [-0.25, -0.2) is 14.4 Å². The van der Waals surface area contributed by atoms with E-state index in [1.165, 1.54) is 11.6 Å². The average Bonchev–Trinajstić information content (AvgIpc) is 2.37. The molecular formula is C15H18FN3. The maximum Gasteiger partial charge on any atom is 0.125 e. The van der Waals surface area contributed by atoms with Crippen LogP contribution in [0, 0.1) is 19.7 Å². The van der Waals surface area contributed by atoms with Crippen LogP contribution < -0.4 is 5.32 Å². The third kappa shape index (κ3) is 4.10. The molecule has 1 aromatic carbocycles. The summed E-state index contributed by atoms with van der Waals surface area (Å²) in [5, 5.41) is 3.34. The first-order valence-corrected chi connectivity index (χ1v) is 6.39. The van der Waals surface area contributed by atoms with Crippen molar-refractivity contribution in [1.29, 1.82) is 0 Å². The molecule has 3 nitrogen and oxygen atoms in total. The van der Waals surface area contributed by atoms with Gasteiger partial charge in [-0.1, -0.05) is 6.07 Å². The van der Waals surface area contributed by atoms with Crippen molar-refractivity contribution in [3.63, 3.8) is 0 Å². The van der Waals surface area contributed by atoms with Crippen LogP contribution in [-0.2, 0) is 13.0 Å². The zero-order chi connectivity index (χ0) is 13.7. The van der Waals surface area contributed by atoms with E-state index in [4.69, 9.17) is 0 Å². The molecule has 1 heterocycles. The Labute approximate surface area is 112 Å². The summed E-state index contributed by atoms with van der Waals surface area (Å²) < 4.78 is 13.0. The van der Waals surface area contributed by atoms with Gasteiger partial charge in [0.25, 0.3) is 0 Å². The molecule has 1 aromatic heterocycles. The fourth-order valence-corrected chi connectivity index (χ4v) is 1.98. The van der Waals surface area contributed by atoms with E-state index >= 15 is 0 Å². The number of aromatic nitrogens is 2. The van der Waals surface area contributed by atoms with Gasteiger partial charge in [0.15, 0.2) is 0 Å². The molecule has 0 unspecified atom stereocenters. The van der Waals surface area contributed by atoms with Gasteiger partial charge in [-0.3, -0.25) is 0 Å². The van der Waals surface area contributed by atoms with Gasteiger partial charge in [0.05, 0.1) is 5.69 Å². The zero-order valence-corrected chi connectivity index (χ0v) is 11.3. The largest absolute Gasteiger partial charge is 0.311 e. The number of hydrogen-bond acceptors (Lipinski definition) is 3. The fourth-order valence-electron chi connectivity index (χ4n) is 1.98. The minimum absolute atomic E-state index is 0.175. The van der Waals surface area contributed by atoms with Crippen molar-refractivity contribution in [1.82, 2.24) is 15.3 Å². The number of benzene rings is 1. The van der Waals surface area contributed by atoms with E-state index in [1.54, 1.807) is 12.3 Å². The SMILES string of the molecule is Cc1nccc(CNCCc2ccc(F)cc2C)n1. The lowest BCUT2D eigenvalue weighted by molar-refractivity contribution is 0.624. The molecule has 100 valence electrons. The Morgan fingerprint density at radius 2 is 2.05 bits per heavy atom. The Morgan fingerprint density at radius 1 is 1.21 bits per heavy atom. The van der Waals surface area contributed by atoms with E-state index < -0.39 is 0 Å². The standard InChI is InChI=1S/C15H18FN3/c1-11-9-14(16)4-3-13(11)5-7-17-10-15-6-8-18-12(2)19-15/h3-4,6,8-9,17H,5,7,10H2,1-2H3. The summed E-state index contributed by atoms with van der Waals surface area (Å²) >= 11 is 0. The molecule has 2 rings (SSSR count). The topological polar surface area (TPSA) is 37.8 Å². The number of hydrogen-bond donors (Lipinski definition) is 1. The molecule has 0 saturated carbocycles. The maximum absolute atomic E-state index is 13.0. The monoisotopic (exact) mass is 259 g/mol. The molecule has 0 radical (unpaired) electrons. The Hall–Kier alpha value is -1.81. The van der Waals surface area contributed by atoms with Crippen LogP contribution >= 0.6 is 0 Å². The Balaban J connectivity index is 1.81. The Bertz CT molecular complexity index is 555. The summed E-state index contributed by atoms with van der Waals surface area (Å²) in [6, 6.07) is 6.84. The van der Waals surface area contributed by atoms with Crippen LogP contribution in [-0.4, -0.2) is 16.5 Å². The predicted molar refractivity (Wildman–Crippen MR) is 73.3 cm³/mol. The minimum atomic E-state index is -0.175. The van der Waals surface area contributed by atoms with E-state index in [1.807, 2.05) is 26.0 Å². The van der Waals surface area contributed by atoms with Crippen molar-refractivity contribution < 1.29 is 4.39 Å². The number of aryl methyl sites for hydroxylation is 2. The highest BCUT2D eigenvalue weighted by atomic mass is 19.1. The lowest BCUT2D eigenvalue weighted by Crippen LogP contribution is -2.18. The minimum Gasteiger partial charge on any atom is -0.311 e. The van der Waals surface area contributed by atoms with E-state index in [2.05, 4.69) is 15.3 Å². The molecule has 1 N–H and O–H groups in total. The first-order valence-electron chi connectivity index (χ1n) is 6.39. The predicted octanol–water partition coefficient (Wildman–Crippen LogP) is 2.56. The van der Waals surface area contributed by atoms with Crippen molar-refractivity contribution in [3.05, 3.63) is 58.9 Å². The van der Waals surface area contributed by atoms with Crippen LogP contribution in [0.4, 0.5) is 4.39 Å². The van der Waals surface area contributed by atoms with E-state index in [0.717, 1.165) is 36.6 Å². The third-order valence-electron chi connectivity index (χ3n) is 3.02. The molecular weight excluding hydrogens is 241 g/mol. The highest BCUT2D eigenvalue weighted by Crippen LogP contribution is 2.10. The summed E-state index contributed by atoms with van der Waals surface area (Å²) in [6.07, 6.45) is 2.65. The lowest BCUT2D eigenvalue weighted by Gasteiger charge is -2.07. The molecule has 19 heavy (non-hydrogen) atoms. The van der Waals surface area contributed by atoms with Gasteiger partial charge in [-0.15, -0.1) is 0 Å². The molecule has 0 aliphatic carbocycles. The number of halogens is 1. The van der Waals surface area contributed by atoms with Gasteiger partial charge >= 0.3 is 0 Å². The molecule has 0 amide bonds. The summed E-state index contributed by atoms with van der Waals surface area (Å²) in [5.41, 5.74) is 3.16. The van der Waals surface area contributed by atoms with Gasteiger partial charge in [0, 0.05) is 12.7 Å². The van der Waals surface area contributed by atoms with Crippen LogP contribution in [0.25, 0.3) is 0 Å². The second kappa shape index (κ2) is 6.38. The van der Waals surface area contributed by atoms with Crippen molar-refractivity contribution >= 4 is 0 Å². The molecule has 0 spiro atoms. The number of rotatable bonds is 5. The fraction of sp³-hybridized carbons (Fsp3) is 0.333. The van der Waals surface area contributed by atoms with Crippen molar-refractivity contribution in [2.45, 2.75) is 26.8 Å². The number of nitrogens with zero attached hydrogens (tertiary/aromatic N) is 2. The summed E-state index contributed by atoms with van der Waals surface area (Å²) in [5.74, 6) is 0.611. The molecule has 0 fully saturated rings. The zero-order valence-electron chi connectivity index (χ0n) is 11.3. The highest BCUT2D eigenvalue weighted by molar-refractivity contribution is 5.26. The summed E-state index contributed by atoms with van der Waals surface area (Å²) in [4.78, 5) is 8.38. The molecule has 4 heteroatoms. The summed E-state index contributed by atoms with van der Waals surface area (Å²) in [6.45, 7) is 5.39. The Kier molecular flexibility index (Phi) is 4.58. The van der Waals surface area contributed by atoms with Gasteiger partial charge in [-0.2, -0.15) is 0 Å². The van der Waals surface area contributed by atoms with Crippen LogP contribution in [0.2, 0.25) is 0 Å². The first-order chi connectivity index (χ1) is 9.15. The molecule has 0 atom stereocenters. The molecule has 0 saturated heterocycles. The third-order valence-corrected chi connectivity index (χ3v) is 3.02. The van der Waals surface area contributed by atoms with Crippen molar-refractivity contribution in [3.8, 4) is 0 Å². The van der Waals surface area contributed by atoms with Crippen molar-refractivity contribution in [2.24, 2.45) is 0 Å². The maximum atomic E-state index is 13.0. The van der Waals surface area contributed by atoms with Crippen LogP contribution in [0.5, 0.6) is 0 Å². The highest BCUT2D eigenvalue weighted by Gasteiger charge is 2.00.